The van der Waals surface area contributed by atoms with Crippen molar-refractivity contribution >= 4 is 45.2 Å². The van der Waals surface area contributed by atoms with E-state index < -0.39 is 35.6 Å². The Bertz CT molecular complexity index is 1750. The van der Waals surface area contributed by atoms with Gasteiger partial charge in [0.15, 0.2) is 11.5 Å². The number of carbonyl (C=O) groups excluding carboxylic acids is 4. The fourth-order valence-electron chi connectivity index (χ4n) is 6.81. The number of rotatable bonds is 7. The molecular weight excluding hydrogens is 636 g/mol. The molecule has 0 spiro atoms. The number of aryl methyl sites for hydroxylation is 1. The topological polar surface area (TPSA) is 166 Å². The maximum Gasteiger partial charge on any atom is 0.332 e. The molecule has 13 nitrogen and oxygen atoms in total. The van der Waals surface area contributed by atoms with Gasteiger partial charge in [-0.05, 0) is 62.8 Å². The lowest BCUT2D eigenvalue weighted by Crippen LogP contribution is -2.56. The Balaban J connectivity index is 1.19. The number of aromatic nitrogens is 3. The predicted octanol–water partition coefficient (Wildman–Crippen LogP) is 3.86. The number of methoxy groups -OCH3 is 1. The molecule has 1 saturated heterocycles. The summed E-state index contributed by atoms with van der Waals surface area (Å²) in [5.41, 5.74) is -0.0484. The second kappa shape index (κ2) is 13.3. The van der Waals surface area contributed by atoms with Crippen LogP contribution in [-0.2, 0) is 23.9 Å². The largest absolute Gasteiger partial charge is 0.471 e. The van der Waals surface area contributed by atoms with Crippen LogP contribution in [-0.4, -0.2) is 81.1 Å². The average molecular weight is 677 g/mol. The Morgan fingerprint density at radius 2 is 2.04 bits per heavy atom. The van der Waals surface area contributed by atoms with Gasteiger partial charge in [0.1, 0.15) is 34.2 Å². The number of hydrogen-bond acceptors (Lipinski definition) is 11. The maximum atomic E-state index is 14.3. The van der Waals surface area contributed by atoms with E-state index in [1.165, 1.54) is 23.3 Å². The zero-order valence-corrected chi connectivity index (χ0v) is 27.9. The van der Waals surface area contributed by atoms with Crippen LogP contribution in [0.3, 0.4) is 0 Å². The van der Waals surface area contributed by atoms with Gasteiger partial charge in [-0.1, -0.05) is 30.2 Å². The number of ether oxygens (including phenoxy) is 2. The zero-order valence-electron chi connectivity index (χ0n) is 27.1. The van der Waals surface area contributed by atoms with Crippen molar-refractivity contribution in [1.82, 2.24) is 30.7 Å². The zero-order chi connectivity index (χ0) is 33.4. The molecular formula is C34H40N6O7S. The summed E-state index contributed by atoms with van der Waals surface area (Å²) in [6.07, 6.45) is 10.3. The minimum atomic E-state index is -1.19. The smallest absolute Gasteiger partial charge is 0.332 e. The van der Waals surface area contributed by atoms with Gasteiger partial charge in [0.25, 0.3) is 0 Å². The van der Waals surface area contributed by atoms with E-state index in [1.807, 2.05) is 17.5 Å². The van der Waals surface area contributed by atoms with E-state index in [9.17, 15) is 19.2 Å². The number of esters is 1. The molecule has 3 aromatic rings. The first-order chi connectivity index (χ1) is 23.2. The summed E-state index contributed by atoms with van der Waals surface area (Å²) in [7, 11) is 1.31. The quantitative estimate of drug-likeness (QED) is 0.277. The van der Waals surface area contributed by atoms with Gasteiger partial charge >= 0.3 is 5.97 Å². The SMILES string of the molecule is COC(=O)[C@@]12C[C@H]1/C=C\CCCCC[C@H](NC(=O)CC1CC1)C(=O)N1C[C@H](Oc3nc(-c4cc(C)on4)nc4ccsc34)C[C@H]1C(=O)N2. The number of thiophene rings is 1. The molecule has 4 aliphatic rings. The van der Waals surface area contributed by atoms with E-state index in [-0.39, 0.29) is 30.7 Å². The second-order valence-corrected chi connectivity index (χ2v) is 14.3. The van der Waals surface area contributed by atoms with Crippen molar-refractivity contribution in [3.05, 3.63) is 35.4 Å². The Hall–Kier alpha value is -4.33. The van der Waals surface area contributed by atoms with Gasteiger partial charge in [-0.2, -0.15) is 4.98 Å². The number of hydrogen-bond donors (Lipinski definition) is 2. The third-order valence-corrected chi connectivity index (χ3v) is 10.6. The highest BCUT2D eigenvalue weighted by atomic mass is 32.1. The van der Waals surface area contributed by atoms with Crippen LogP contribution in [0.25, 0.3) is 21.7 Å². The molecule has 3 amide bonds. The Morgan fingerprint density at radius 3 is 2.81 bits per heavy atom. The van der Waals surface area contributed by atoms with E-state index >= 15 is 0 Å². The summed E-state index contributed by atoms with van der Waals surface area (Å²) in [5, 5.41) is 11.9. The van der Waals surface area contributed by atoms with Gasteiger partial charge in [0, 0.05) is 24.8 Å². The van der Waals surface area contributed by atoms with Crippen LogP contribution >= 0.6 is 11.3 Å². The third-order valence-electron chi connectivity index (χ3n) is 9.70. The van der Waals surface area contributed by atoms with Gasteiger partial charge in [-0.3, -0.25) is 14.4 Å². The number of amides is 3. The minimum Gasteiger partial charge on any atom is -0.471 e. The molecule has 14 heteroatoms. The van der Waals surface area contributed by atoms with Crippen LogP contribution in [0.2, 0.25) is 0 Å². The third kappa shape index (κ3) is 6.67. The molecule has 5 atom stereocenters. The molecule has 7 rings (SSSR count). The summed E-state index contributed by atoms with van der Waals surface area (Å²) in [6.45, 7) is 1.88. The summed E-state index contributed by atoms with van der Waals surface area (Å²) in [4.78, 5) is 65.2. The predicted molar refractivity (Wildman–Crippen MR) is 175 cm³/mol. The number of allylic oxidation sites excluding steroid dienone is 1. The van der Waals surface area contributed by atoms with E-state index in [0.29, 0.717) is 53.9 Å². The van der Waals surface area contributed by atoms with Crippen LogP contribution in [0, 0.1) is 18.8 Å². The standard InChI is InChI=1S/C34H40N6O7S/c1-19-14-25(39-47-19)29-36-23-12-13-48-28(23)31(37-29)46-22-16-26-30(42)38-34(33(44)45-2)17-21(34)8-6-4-3-5-7-9-24(32(43)40(26)18-22)35-27(41)15-20-10-11-20/h6,8,12-14,20-22,24,26H,3-5,7,9-11,15-18H2,1-2H3,(H,35,41)(H,38,42)/b8-6-/t21-,22-,24+,26+,34-/m1/s1. The fraction of sp³-hybridized carbons (Fsp3) is 0.559. The molecule has 5 heterocycles. The fourth-order valence-corrected chi connectivity index (χ4v) is 7.58. The van der Waals surface area contributed by atoms with Crippen LogP contribution in [0.1, 0.15) is 70.0 Å². The number of fused-ring (bicyclic) bond motifs is 3. The first-order valence-electron chi connectivity index (χ1n) is 16.8. The van der Waals surface area contributed by atoms with Crippen molar-refractivity contribution in [2.75, 3.05) is 13.7 Å². The molecule has 48 heavy (non-hydrogen) atoms. The molecule has 3 fully saturated rings. The Morgan fingerprint density at radius 1 is 1.19 bits per heavy atom. The summed E-state index contributed by atoms with van der Waals surface area (Å²) in [5.74, 6) is -0.0175. The van der Waals surface area contributed by atoms with Crippen molar-refractivity contribution in [3.63, 3.8) is 0 Å². The van der Waals surface area contributed by atoms with Gasteiger partial charge in [-0.15, -0.1) is 11.3 Å². The summed E-state index contributed by atoms with van der Waals surface area (Å²) >= 11 is 1.42. The molecule has 0 radical (unpaired) electrons. The molecule has 2 aliphatic carbocycles. The first kappa shape index (κ1) is 32.2. The Labute approximate surface area is 281 Å². The second-order valence-electron chi connectivity index (χ2n) is 13.4. The highest BCUT2D eigenvalue weighted by Gasteiger charge is 2.62. The van der Waals surface area contributed by atoms with Crippen molar-refractivity contribution < 1.29 is 33.2 Å². The maximum absolute atomic E-state index is 14.3. The van der Waals surface area contributed by atoms with E-state index in [4.69, 9.17) is 14.0 Å². The first-order valence-corrected chi connectivity index (χ1v) is 17.6. The summed E-state index contributed by atoms with van der Waals surface area (Å²) < 4.78 is 17.6. The summed E-state index contributed by atoms with van der Waals surface area (Å²) in [6, 6.07) is 1.88. The Kier molecular flexibility index (Phi) is 8.92. The highest BCUT2D eigenvalue weighted by molar-refractivity contribution is 7.17. The molecule has 2 saturated carbocycles. The lowest BCUT2D eigenvalue weighted by Gasteiger charge is -2.29. The van der Waals surface area contributed by atoms with E-state index in [1.54, 1.807) is 13.0 Å². The molecule has 3 aromatic heterocycles. The molecule has 0 aromatic carbocycles. The van der Waals surface area contributed by atoms with Crippen molar-refractivity contribution in [1.29, 1.82) is 0 Å². The van der Waals surface area contributed by atoms with Crippen molar-refractivity contribution in [2.45, 2.75) is 94.9 Å². The van der Waals surface area contributed by atoms with Crippen molar-refractivity contribution in [3.8, 4) is 17.4 Å². The van der Waals surface area contributed by atoms with Gasteiger partial charge in [0.05, 0.1) is 19.2 Å². The monoisotopic (exact) mass is 676 g/mol. The lowest BCUT2D eigenvalue weighted by molar-refractivity contribution is -0.148. The number of nitrogens with zero attached hydrogens (tertiary/aromatic N) is 4. The molecule has 0 bridgehead atoms. The van der Waals surface area contributed by atoms with E-state index in [2.05, 4.69) is 31.8 Å². The van der Waals surface area contributed by atoms with Gasteiger partial charge < -0.3 is 29.5 Å². The van der Waals surface area contributed by atoms with Crippen molar-refractivity contribution in [2.24, 2.45) is 11.8 Å². The number of carbonyl (C=O) groups is 4. The minimum absolute atomic E-state index is 0.0930. The molecule has 2 N–H and O–H groups in total. The van der Waals surface area contributed by atoms with Gasteiger partial charge in [0.2, 0.25) is 23.6 Å². The van der Waals surface area contributed by atoms with Crippen LogP contribution in [0.5, 0.6) is 5.88 Å². The van der Waals surface area contributed by atoms with Crippen LogP contribution in [0.4, 0.5) is 0 Å². The molecule has 254 valence electrons. The normalized spacial score (nSPS) is 28.4. The number of nitrogens with one attached hydrogen (secondary N) is 2. The van der Waals surface area contributed by atoms with Crippen LogP contribution < -0.4 is 15.4 Å². The van der Waals surface area contributed by atoms with Gasteiger partial charge in [-0.25, -0.2) is 9.78 Å². The highest BCUT2D eigenvalue weighted by Crippen LogP contribution is 2.46. The lowest BCUT2D eigenvalue weighted by atomic mass is 10.0. The van der Waals surface area contributed by atoms with Crippen LogP contribution in [0.15, 0.2) is 34.2 Å². The average Bonchev–Trinajstić information content (AvgIpc) is 3.78. The van der Waals surface area contributed by atoms with E-state index in [0.717, 1.165) is 43.2 Å². The molecule has 0 unspecified atom stereocenters. The molecule has 2 aliphatic heterocycles.